The van der Waals surface area contributed by atoms with E-state index in [1.807, 2.05) is 0 Å². The van der Waals surface area contributed by atoms with Gasteiger partial charge in [0.1, 0.15) is 5.69 Å². The summed E-state index contributed by atoms with van der Waals surface area (Å²) in [6.45, 7) is 0. The number of hydrogen-bond acceptors (Lipinski definition) is 3. The van der Waals surface area contributed by atoms with Gasteiger partial charge >= 0.3 is 0 Å². The first-order valence-corrected chi connectivity index (χ1v) is 6.69. The molecule has 2 fully saturated rings. The Kier molecular flexibility index (Phi) is 2.97. The highest BCUT2D eigenvalue weighted by atomic mass is 16.6. The van der Waals surface area contributed by atoms with E-state index in [0.717, 1.165) is 19.3 Å². The molecule has 0 spiro atoms. The van der Waals surface area contributed by atoms with Gasteiger partial charge in [0.25, 0.3) is 5.69 Å². The molecule has 1 aromatic rings. The summed E-state index contributed by atoms with van der Waals surface area (Å²) in [5, 5.41) is 13.6. The second-order valence-corrected chi connectivity index (χ2v) is 5.54. The number of para-hydroxylation sites is 2. The van der Waals surface area contributed by atoms with Crippen LogP contribution >= 0.6 is 0 Å². The number of nitrogens with one attached hydrogen (secondary N) is 1. The smallest absolute Gasteiger partial charge is 0.292 e. The highest BCUT2D eigenvalue weighted by Crippen LogP contribution is 2.48. The molecule has 100 valence electrons. The maximum Gasteiger partial charge on any atom is 0.292 e. The zero-order chi connectivity index (χ0) is 13.4. The highest BCUT2D eigenvalue weighted by Gasteiger charge is 2.43. The molecule has 2 saturated carbocycles. The molecule has 0 aliphatic heterocycles. The third-order valence-corrected chi connectivity index (χ3v) is 4.43. The monoisotopic (exact) mass is 260 g/mol. The van der Waals surface area contributed by atoms with E-state index < -0.39 is 4.92 Å². The van der Waals surface area contributed by atoms with Crippen molar-refractivity contribution in [1.82, 2.24) is 0 Å². The largest absolute Gasteiger partial charge is 0.320 e. The van der Waals surface area contributed by atoms with Crippen molar-refractivity contribution in [3.63, 3.8) is 0 Å². The Morgan fingerprint density at radius 3 is 2.68 bits per heavy atom. The van der Waals surface area contributed by atoms with Gasteiger partial charge in [0.05, 0.1) is 4.92 Å². The SMILES string of the molecule is O=C(Nc1ccccc1[N+](=O)[O-])C1CC2CCC1C2. The molecule has 3 atom stereocenters. The summed E-state index contributed by atoms with van der Waals surface area (Å²) in [5.74, 6) is 1.15. The maximum absolute atomic E-state index is 12.2. The van der Waals surface area contributed by atoms with Gasteiger partial charge in [-0.1, -0.05) is 18.6 Å². The minimum atomic E-state index is -0.462. The van der Waals surface area contributed by atoms with Crippen molar-refractivity contribution in [2.75, 3.05) is 5.32 Å². The molecular formula is C14H16N2O3. The van der Waals surface area contributed by atoms with E-state index in [1.165, 1.54) is 12.5 Å². The summed E-state index contributed by atoms with van der Waals surface area (Å²) in [6.07, 6.45) is 4.45. The fourth-order valence-corrected chi connectivity index (χ4v) is 3.53. The van der Waals surface area contributed by atoms with E-state index in [1.54, 1.807) is 18.2 Å². The molecule has 1 aromatic carbocycles. The number of fused-ring (bicyclic) bond motifs is 2. The van der Waals surface area contributed by atoms with E-state index >= 15 is 0 Å². The number of hydrogen-bond donors (Lipinski definition) is 1. The molecule has 2 aliphatic carbocycles. The molecule has 5 nitrogen and oxygen atoms in total. The number of nitro benzene ring substituents is 1. The number of nitrogens with zero attached hydrogens (tertiary/aromatic N) is 1. The van der Waals surface area contributed by atoms with Gasteiger partial charge in [-0.05, 0) is 37.2 Å². The van der Waals surface area contributed by atoms with Gasteiger partial charge in [0.2, 0.25) is 5.91 Å². The third-order valence-electron chi connectivity index (χ3n) is 4.43. The summed E-state index contributed by atoms with van der Waals surface area (Å²) in [6, 6.07) is 6.30. The molecular weight excluding hydrogens is 244 g/mol. The number of nitro groups is 1. The Morgan fingerprint density at radius 2 is 2.05 bits per heavy atom. The van der Waals surface area contributed by atoms with Crippen molar-refractivity contribution in [3.8, 4) is 0 Å². The van der Waals surface area contributed by atoms with Crippen molar-refractivity contribution in [3.05, 3.63) is 34.4 Å². The number of carbonyl (C=O) groups is 1. The minimum absolute atomic E-state index is 0.0403. The molecule has 1 amide bonds. The van der Waals surface area contributed by atoms with Crippen LogP contribution < -0.4 is 5.32 Å². The minimum Gasteiger partial charge on any atom is -0.320 e. The molecule has 3 unspecified atom stereocenters. The van der Waals surface area contributed by atoms with E-state index in [2.05, 4.69) is 5.32 Å². The van der Waals surface area contributed by atoms with Crippen LogP contribution in [0.25, 0.3) is 0 Å². The van der Waals surface area contributed by atoms with E-state index in [0.29, 0.717) is 17.5 Å². The normalized spacial score (nSPS) is 28.3. The number of benzene rings is 1. The molecule has 0 radical (unpaired) electrons. The van der Waals surface area contributed by atoms with Gasteiger partial charge in [0.15, 0.2) is 0 Å². The standard InChI is InChI=1S/C14H16N2O3/c17-14(11-8-9-5-6-10(11)7-9)15-12-3-1-2-4-13(12)16(18)19/h1-4,9-11H,5-8H2,(H,15,17). The Balaban J connectivity index is 1.75. The molecule has 2 bridgehead atoms. The van der Waals surface area contributed by atoms with Gasteiger partial charge in [-0.3, -0.25) is 14.9 Å². The fraction of sp³-hybridized carbons (Fsp3) is 0.500. The molecule has 0 aromatic heterocycles. The average molecular weight is 260 g/mol. The molecule has 1 N–H and O–H groups in total. The zero-order valence-corrected chi connectivity index (χ0v) is 10.5. The van der Waals surface area contributed by atoms with Crippen molar-refractivity contribution < 1.29 is 9.72 Å². The van der Waals surface area contributed by atoms with Crippen LogP contribution in [0.3, 0.4) is 0 Å². The van der Waals surface area contributed by atoms with E-state index in [9.17, 15) is 14.9 Å². The second-order valence-electron chi connectivity index (χ2n) is 5.54. The lowest BCUT2D eigenvalue weighted by Crippen LogP contribution is -2.27. The van der Waals surface area contributed by atoms with Crippen molar-refractivity contribution in [1.29, 1.82) is 0 Å². The van der Waals surface area contributed by atoms with E-state index in [-0.39, 0.29) is 17.5 Å². The van der Waals surface area contributed by atoms with Crippen LogP contribution in [0.5, 0.6) is 0 Å². The van der Waals surface area contributed by atoms with Gasteiger partial charge in [-0.15, -0.1) is 0 Å². The molecule has 2 aliphatic rings. The van der Waals surface area contributed by atoms with Crippen LogP contribution in [-0.4, -0.2) is 10.8 Å². The Morgan fingerprint density at radius 1 is 1.26 bits per heavy atom. The summed E-state index contributed by atoms with van der Waals surface area (Å²) in [7, 11) is 0. The zero-order valence-electron chi connectivity index (χ0n) is 10.5. The van der Waals surface area contributed by atoms with Gasteiger partial charge < -0.3 is 5.32 Å². The van der Waals surface area contributed by atoms with Crippen LogP contribution in [-0.2, 0) is 4.79 Å². The first-order chi connectivity index (χ1) is 9.15. The summed E-state index contributed by atoms with van der Waals surface area (Å²) >= 11 is 0. The lowest BCUT2D eigenvalue weighted by atomic mass is 9.88. The highest BCUT2D eigenvalue weighted by molar-refractivity contribution is 5.95. The predicted octanol–water partition coefficient (Wildman–Crippen LogP) is 2.97. The van der Waals surface area contributed by atoms with Crippen LogP contribution in [0, 0.1) is 27.9 Å². The van der Waals surface area contributed by atoms with Gasteiger partial charge in [-0.25, -0.2) is 0 Å². The maximum atomic E-state index is 12.2. The first kappa shape index (κ1) is 12.1. The number of amides is 1. The Labute approximate surface area is 111 Å². The molecule has 3 rings (SSSR count). The molecule has 19 heavy (non-hydrogen) atoms. The summed E-state index contributed by atoms with van der Waals surface area (Å²) < 4.78 is 0. The lowest BCUT2D eigenvalue weighted by Gasteiger charge is -2.20. The van der Waals surface area contributed by atoms with E-state index in [4.69, 9.17) is 0 Å². The van der Waals surface area contributed by atoms with Crippen molar-refractivity contribution >= 4 is 17.3 Å². The van der Waals surface area contributed by atoms with Crippen LogP contribution in [0.15, 0.2) is 24.3 Å². The van der Waals surface area contributed by atoms with Gasteiger partial charge in [-0.2, -0.15) is 0 Å². The third kappa shape index (κ3) is 2.20. The Hall–Kier alpha value is -1.91. The lowest BCUT2D eigenvalue weighted by molar-refractivity contribution is -0.383. The predicted molar refractivity (Wildman–Crippen MR) is 70.7 cm³/mol. The molecule has 5 heteroatoms. The molecule has 0 heterocycles. The van der Waals surface area contributed by atoms with Crippen LogP contribution in [0.2, 0.25) is 0 Å². The number of rotatable bonds is 3. The van der Waals surface area contributed by atoms with Crippen LogP contribution in [0.1, 0.15) is 25.7 Å². The average Bonchev–Trinajstić information content (AvgIpc) is 3.01. The summed E-state index contributed by atoms with van der Waals surface area (Å²) in [5.41, 5.74) is 0.263. The van der Waals surface area contributed by atoms with Gasteiger partial charge in [0, 0.05) is 12.0 Å². The summed E-state index contributed by atoms with van der Waals surface area (Å²) in [4.78, 5) is 22.7. The number of carbonyl (C=O) groups excluding carboxylic acids is 1. The Bertz CT molecular complexity index is 529. The molecule has 0 saturated heterocycles. The van der Waals surface area contributed by atoms with Crippen LogP contribution in [0.4, 0.5) is 11.4 Å². The second kappa shape index (κ2) is 4.64. The quantitative estimate of drug-likeness (QED) is 0.670. The first-order valence-electron chi connectivity index (χ1n) is 6.69. The topological polar surface area (TPSA) is 72.2 Å². The fourth-order valence-electron chi connectivity index (χ4n) is 3.53. The number of anilines is 1. The van der Waals surface area contributed by atoms with Crippen molar-refractivity contribution in [2.24, 2.45) is 17.8 Å². The van der Waals surface area contributed by atoms with Crippen molar-refractivity contribution in [2.45, 2.75) is 25.7 Å².